The molecule has 0 spiro atoms. The van der Waals surface area contributed by atoms with Crippen molar-refractivity contribution >= 4 is 52.8 Å². The van der Waals surface area contributed by atoms with Gasteiger partial charge in [0.05, 0.1) is 22.8 Å². The number of amides is 2. The Labute approximate surface area is 153 Å². The van der Waals surface area contributed by atoms with E-state index >= 15 is 0 Å². The predicted molar refractivity (Wildman–Crippen MR) is 96.0 cm³/mol. The van der Waals surface area contributed by atoms with Gasteiger partial charge in [-0.05, 0) is 30.3 Å². The van der Waals surface area contributed by atoms with Gasteiger partial charge >= 0.3 is 0 Å². The monoisotopic (exact) mass is 383 g/mol. The maximum Gasteiger partial charge on any atom is 0.259 e. The van der Waals surface area contributed by atoms with Crippen LogP contribution in [0.5, 0.6) is 0 Å². The summed E-state index contributed by atoms with van der Waals surface area (Å²) in [4.78, 5) is 23.5. The fourth-order valence-corrected chi connectivity index (χ4v) is 2.18. The molecule has 8 heteroatoms. The summed E-state index contributed by atoms with van der Waals surface area (Å²) in [5, 5.41) is 7.50. The van der Waals surface area contributed by atoms with Crippen LogP contribution >= 0.6 is 34.8 Å². The van der Waals surface area contributed by atoms with Gasteiger partial charge in [0.1, 0.15) is 0 Å². The Hall–Kier alpha value is -2.08. The summed E-state index contributed by atoms with van der Waals surface area (Å²) < 4.78 is 0. The van der Waals surface area contributed by atoms with Crippen LogP contribution in [-0.2, 0) is 4.79 Å². The first-order chi connectivity index (χ1) is 11.5. The fraction of sp³-hybridized carbons (Fsp3) is 0.0625. The van der Waals surface area contributed by atoms with Crippen molar-refractivity contribution in [2.45, 2.75) is 0 Å². The number of nitrogens with zero attached hydrogens (tertiary/aromatic N) is 1. The summed E-state index contributed by atoms with van der Waals surface area (Å²) in [5.74, 6) is -0.865. The van der Waals surface area contributed by atoms with Gasteiger partial charge in [-0.25, -0.2) is 5.43 Å². The van der Waals surface area contributed by atoms with Crippen molar-refractivity contribution in [3.05, 3.63) is 68.7 Å². The van der Waals surface area contributed by atoms with E-state index < -0.39 is 5.91 Å². The van der Waals surface area contributed by atoms with Crippen LogP contribution in [0.25, 0.3) is 0 Å². The molecule has 2 amide bonds. The lowest BCUT2D eigenvalue weighted by Gasteiger charge is -2.04. The number of halogens is 3. The third-order valence-corrected chi connectivity index (χ3v) is 3.98. The van der Waals surface area contributed by atoms with Gasteiger partial charge < -0.3 is 5.32 Å². The third kappa shape index (κ3) is 5.23. The van der Waals surface area contributed by atoms with Crippen molar-refractivity contribution in [1.29, 1.82) is 0 Å². The first kappa shape index (κ1) is 18.3. The first-order valence-electron chi connectivity index (χ1n) is 6.77. The number of carbonyl (C=O) groups is 2. The van der Waals surface area contributed by atoms with Gasteiger partial charge in [0.2, 0.25) is 0 Å². The van der Waals surface area contributed by atoms with Crippen molar-refractivity contribution in [3.63, 3.8) is 0 Å². The molecule has 2 aromatic carbocycles. The predicted octanol–water partition coefficient (Wildman–Crippen LogP) is 3.53. The van der Waals surface area contributed by atoms with E-state index in [0.717, 1.165) is 0 Å². The summed E-state index contributed by atoms with van der Waals surface area (Å²) >= 11 is 17.6. The lowest BCUT2D eigenvalue weighted by Crippen LogP contribution is -2.34. The Morgan fingerprint density at radius 2 is 1.75 bits per heavy atom. The van der Waals surface area contributed by atoms with Gasteiger partial charge in [-0.3, -0.25) is 9.59 Å². The second-order valence-electron chi connectivity index (χ2n) is 4.63. The number of carbonyl (C=O) groups excluding carboxylic acids is 2. The van der Waals surface area contributed by atoms with E-state index in [1.165, 1.54) is 6.21 Å². The van der Waals surface area contributed by atoms with Crippen molar-refractivity contribution in [3.8, 4) is 0 Å². The normalized spacial score (nSPS) is 10.6. The Morgan fingerprint density at radius 3 is 2.46 bits per heavy atom. The topological polar surface area (TPSA) is 70.6 Å². The van der Waals surface area contributed by atoms with Gasteiger partial charge in [0, 0.05) is 16.1 Å². The van der Waals surface area contributed by atoms with E-state index in [0.29, 0.717) is 26.2 Å². The van der Waals surface area contributed by atoms with Gasteiger partial charge in [-0.2, -0.15) is 5.10 Å². The maximum atomic E-state index is 11.8. The molecule has 0 aliphatic heterocycles. The van der Waals surface area contributed by atoms with Crippen LogP contribution in [0.4, 0.5) is 0 Å². The summed E-state index contributed by atoms with van der Waals surface area (Å²) in [6.45, 7) is -0.220. The van der Waals surface area contributed by atoms with E-state index in [-0.39, 0.29) is 12.5 Å². The second kappa shape index (κ2) is 8.68. The number of rotatable bonds is 5. The largest absolute Gasteiger partial charge is 0.343 e. The highest BCUT2D eigenvalue weighted by Crippen LogP contribution is 2.24. The molecule has 0 saturated carbocycles. The van der Waals surface area contributed by atoms with Crippen LogP contribution in [0.2, 0.25) is 15.1 Å². The van der Waals surface area contributed by atoms with E-state index in [1.54, 1.807) is 42.5 Å². The van der Waals surface area contributed by atoms with Gasteiger partial charge in [-0.1, -0.05) is 46.9 Å². The number of benzene rings is 2. The highest BCUT2D eigenvalue weighted by molar-refractivity contribution is 6.43. The standard InChI is InChI=1S/C16H12Cl3N3O2/c17-12-6-4-10(5-7-12)16(24)20-9-14(23)22-21-8-11-2-1-3-13(18)15(11)19/h1-8H,9H2,(H,20,24)(H,22,23)/b21-8-. The molecule has 0 aromatic heterocycles. The number of nitrogens with one attached hydrogen (secondary N) is 2. The molecular formula is C16H12Cl3N3O2. The molecule has 24 heavy (non-hydrogen) atoms. The second-order valence-corrected chi connectivity index (χ2v) is 5.85. The van der Waals surface area contributed by atoms with Crippen molar-refractivity contribution < 1.29 is 9.59 Å². The summed E-state index contributed by atoms with van der Waals surface area (Å²) in [6, 6.07) is 11.4. The minimum absolute atomic E-state index is 0.220. The highest BCUT2D eigenvalue weighted by Gasteiger charge is 2.07. The van der Waals surface area contributed by atoms with Crippen LogP contribution in [0.3, 0.4) is 0 Å². The van der Waals surface area contributed by atoms with E-state index in [4.69, 9.17) is 34.8 Å². The van der Waals surface area contributed by atoms with Crippen LogP contribution in [0, 0.1) is 0 Å². The van der Waals surface area contributed by atoms with Crippen molar-refractivity contribution in [1.82, 2.24) is 10.7 Å². The van der Waals surface area contributed by atoms with E-state index in [9.17, 15) is 9.59 Å². The van der Waals surface area contributed by atoms with Gasteiger partial charge in [0.15, 0.2) is 0 Å². The highest BCUT2D eigenvalue weighted by atomic mass is 35.5. The molecular weight excluding hydrogens is 373 g/mol. The molecule has 2 rings (SSSR count). The van der Waals surface area contributed by atoms with Crippen LogP contribution in [0.1, 0.15) is 15.9 Å². The SMILES string of the molecule is O=C(CNC(=O)c1ccc(Cl)cc1)N/N=C\c1cccc(Cl)c1Cl. The molecule has 0 atom stereocenters. The minimum atomic E-state index is -0.480. The summed E-state index contributed by atoms with van der Waals surface area (Å²) in [6.07, 6.45) is 1.37. The molecule has 2 aromatic rings. The number of hydrogen-bond donors (Lipinski definition) is 2. The maximum absolute atomic E-state index is 11.8. The quantitative estimate of drug-likeness (QED) is 0.611. The molecule has 5 nitrogen and oxygen atoms in total. The zero-order valence-corrected chi connectivity index (χ0v) is 14.5. The minimum Gasteiger partial charge on any atom is -0.343 e. The fourth-order valence-electron chi connectivity index (χ4n) is 1.70. The molecule has 0 unspecified atom stereocenters. The van der Waals surface area contributed by atoms with Crippen molar-refractivity contribution in [2.75, 3.05) is 6.54 Å². The molecule has 0 bridgehead atoms. The third-order valence-electron chi connectivity index (χ3n) is 2.89. The Kier molecular flexibility index (Phi) is 6.61. The summed E-state index contributed by atoms with van der Waals surface area (Å²) in [5.41, 5.74) is 3.26. The van der Waals surface area contributed by atoms with Crippen molar-refractivity contribution in [2.24, 2.45) is 5.10 Å². The molecule has 0 saturated heterocycles. The number of hydrazone groups is 1. The molecule has 0 aliphatic rings. The average Bonchev–Trinajstić information content (AvgIpc) is 2.57. The lowest BCUT2D eigenvalue weighted by atomic mass is 10.2. The average molecular weight is 385 g/mol. The molecule has 0 heterocycles. The Bertz CT molecular complexity index is 777. The molecule has 124 valence electrons. The van der Waals surface area contributed by atoms with E-state index in [2.05, 4.69) is 15.8 Å². The summed E-state index contributed by atoms with van der Waals surface area (Å²) in [7, 11) is 0. The zero-order valence-electron chi connectivity index (χ0n) is 12.2. The zero-order chi connectivity index (χ0) is 17.5. The molecule has 0 fully saturated rings. The Morgan fingerprint density at radius 1 is 1.04 bits per heavy atom. The van der Waals surface area contributed by atoms with Crippen LogP contribution in [-0.4, -0.2) is 24.6 Å². The van der Waals surface area contributed by atoms with Crippen LogP contribution in [0.15, 0.2) is 47.6 Å². The number of hydrogen-bond acceptors (Lipinski definition) is 3. The molecule has 0 radical (unpaired) electrons. The van der Waals surface area contributed by atoms with Gasteiger partial charge in [0.25, 0.3) is 11.8 Å². The Balaban J connectivity index is 1.83. The van der Waals surface area contributed by atoms with Gasteiger partial charge in [-0.15, -0.1) is 0 Å². The molecule has 2 N–H and O–H groups in total. The van der Waals surface area contributed by atoms with E-state index in [1.807, 2.05) is 0 Å². The smallest absolute Gasteiger partial charge is 0.259 e. The lowest BCUT2D eigenvalue weighted by molar-refractivity contribution is -0.120. The molecule has 0 aliphatic carbocycles. The first-order valence-corrected chi connectivity index (χ1v) is 7.90. The van der Waals surface area contributed by atoms with Crippen LogP contribution < -0.4 is 10.7 Å².